The van der Waals surface area contributed by atoms with Crippen molar-refractivity contribution in [3.8, 4) is 11.9 Å². The molecule has 28 heavy (non-hydrogen) atoms. The van der Waals surface area contributed by atoms with Gasteiger partial charge in [0.15, 0.2) is 23.1 Å². The van der Waals surface area contributed by atoms with Crippen LogP contribution in [0.15, 0.2) is 49.2 Å². The number of benzene rings is 1. The smallest absolute Gasteiger partial charge is 0.182 e. The molecule has 0 saturated carbocycles. The number of hydrogen-bond acceptors (Lipinski definition) is 7. The van der Waals surface area contributed by atoms with Gasteiger partial charge in [-0.3, -0.25) is 0 Å². The van der Waals surface area contributed by atoms with E-state index in [0.717, 1.165) is 16.5 Å². The summed E-state index contributed by atoms with van der Waals surface area (Å²) in [6.07, 6.45) is 4.46. The van der Waals surface area contributed by atoms with Gasteiger partial charge in [-0.15, -0.1) is 0 Å². The average molecular weight is 367 g/mol. The lowest BCUT2D eigenvalue weighted by atomic mass is 10.1. The Balaban J connectivity index is 1.67. The monoisotopic (exact) mass is 367 g/mol. The minimum Gasteiger partial charge on any atom is -0.340 e. The predicted molar refractivity (Wildman–Crippen MR) is 103 cm³/mol. The molecule has 0 aliphatic rings. The highest BCUT2D eigenvalue weighted by Gasteiger charge is 2.17. The van der Waals surface area contributed by atoms with Gasteiger partial charge in [0.05, 0.1) is 18.0 Å². The first-order valence-corrected chi connectivity index (χ1v) is 8.50. The van der Waals surface area contributed by atoms with Crippen LogP contribution in [-0.4, -0.2) is 34.7 Å². The van der Waals surface area contributed by atoms with Gasteiger partial charge in [-0.25, -0.2) is 19.9 Å². The lowest BCUT2D eigenvalue weighted by Crippen LogP contribution is -2.07. The molecule has 0 atom stereocenters. The van der Waals surface area contributed by atoms with Gasteiger partial charge in [-0.1, -0.05) is 18.2 Å². The quantitative estimate of drug-likeness (QED) is 0.503. The van der Waals surface area contributed by atoms with Crippen LogP contribution in [0.2, 0.25) is 0 Å². The number of fused-ring (bicyclic) bond motifs is 2. The van der Waals surface area contributed by atoms with Gasteiger partial charge >= 0.3 is 0 Å². The molecule has 0 amide bonds. The third kappa shape index (κ3) is 2.44. The van der Waals surface area contributed by atoms with Crippen molar-refractivity contribution in [3.63, 3.8) is 0 Å². The van der Waals surface area contributed by atoms with E-state index in [4.69, 9.17) is 4.98 Å². The summed E-state index contributed by atoms with van der Waals surface area (Å²) in [4.78, 5) is 20.2. The van der Waals surface area contributed by atoms with Gasteiger partial charge in [0, 0.05) is 5.39 Å². The van der Waals surface area contributed by atoms with Gasteiger partial charge < -0.3 is 10.3 Å². The summed E-state index contributed by atoms with van der Waals surface area (Å²) in [6, 6.07) is 12.0. The van der Waals surface area contributed by atoms with E-state index in [-0.39, 0.29) is 0 Å². The molecule has 9 nitrogen and oxygen atoms in total. The van der Waals surface area contributed by atoms with E-state index in [2.05, 4.69) is 36.4 Å². The van der Waals surface area contributed by atoms with Gasteiger partial charge in [0.1, 0.15) is 23.5 Å². The van der Waals surface area contributed by atoms with Gasteiger partial charge in [0.2, 0.25) is 0 Å². The lowest BCUT2D eigenvalue weighted by molar-refractivity contribution is 0.858. The van der Waals surface area contributed by atoms with Crippen LogP contribution in [0, 0.1) is 18.3 Å². The van der Waals surface area contributed by atoms with E-state index in [1.165, 1.54) is 12.5 Å². The molecule has 0 spiro atoms. The molecular weight excluding hydrogens is 354 g/mol. The van der Waals surface area contributed by atoms with E-state index in [9.17, 15) is 5.26 Å². The van der Waals surface area contributed by atoms with Crippen molar-refractivity contribution in [2.75, 3.05) is 5.32 Å². The van der Waals surface area contributed by atoms with E-state index in [0.29, 0.717) is 34.2 Å². The highest BCUT2D eigenvalue weighted by molar-refractivity contribution is 5.85. The van der Waals surface area contributed by atoms with Crippen LogP contribution in [0.5, 0.6) is 0 Å². The molecule has 4 heterocycles. The fraction of sp³-hybridized carbons (Fsp3) is 0.0526. The highest BCUT2D eigenvalue weighted by atomic mass is 15.4. The number of hydrogen-bond donors (Lipinski definition) is 2. The first-order valence-electron chi connectivity index (χ1n) is 8.50. The zero-order chi connectivity index (χ0) is 19.1. The van der Waals surface area contributed by atoms with Crippen LogP contribution in [0.1, 0.15) is 11.1 Å². The Labute approximate surface area is 158 Å². The van der Waals surface area contributed by atoms with E-state index >= 15 is 0 Å². The SMILES string of the molecule is Cc1cc(-n2ncc(C#N)c2Nc2ncnc3nc[nH]c23)nc2ccccc12. The first-order chi connectivity index (χ1) is 13.7. The minimum absolute atomic E-state index is 0.374. The van der Waals surface area contributed by atoms with Gasteiger partial charge in [0.25, 0.3) is 0 Å². The van der Waals surface area contributed by atoms with Crippen LogP contribution in [0.25, 0.3) is 27.9 Å². The molecule has 0 aliphatic carbocycles. The number of aromatic amines is 1. The molecule has 0 saturated heterocycles. The Morgan fingerprint density at radius 2 is 2.07 bits per heavy atom. The van der Waals surface area contributed by atoms with Crippen molar-refractivity contribution in [1.82, 2.24) is 34.7 Å². The molecule has 2 N–H and O–H groups in total. The maximum atomic E-state index is 9.54. The van der Waals surface area contributed by atoms with Crippen molar-refractivity contribution < 1.29 is 0 Å². The van der Waals surface area contributed by atoms with Crippen molar-refractivity contribution in [3.05, 3.63) is 60.3 Å². The maximum Gasteiger partial charge on any atom is 0.182 e. The molecule has 0 bridgehead atoms. The summed E-state index contributed by atoms with van der Waals surface area (Å²) in [5.74, 6) is 1.58. The van der Waals surface area contributed by atoms with E-state index < -0.39 is 0 Å². The van der Waals surface area contributed by atoms with Crippen LogP contribution in [0.4, 0.5) is 11.6 Å². The number of para-hydroxylation sites is 1. The maximum absolute atomic E-state index is 9.54. The number of imidazole rings is 1. The standard InChI is InChI=1S/C19H13N9/c1-11-6-15(26-14-5-3-2-4-13(11)14)28-19(12(7-20)8-25-28)27-18-16-17(22-9-21-16)23-10-24-18/h2-6,8-10H,1H3,(H2,21,22,23,24,27). The largest absolute Gasteiger partial charge is 0.340 e. The topological polar surface area (TPSA) is 121 Å². The molecule has 5 rings (SSSR count). The molecular formula is C19H13N9. The Morgan fingerprint density at radius 3 is 2.96 bits per heavy atom. The normalized spacial score (nSPS) is 11.0. The first kappa shape index (κ1) is 15.9. The highest BCUT2D eigenvalue weighted by Crippen LogP contribution is 2.27. The Bertz CT molecular complexity index is 1370. The number of nitrogens with zero attached hydrogens (tertiary/aromatic N) is 7. The third-order valence-corrected chi connectivity index (χ3v) is 4.48. The number of rotatable bonds is 3. The number of nitrogens with one attached hydrogen (secondary N) is 2. The molecule has 0 radical (unpaired) electrons. The van der Waals surface area contributed by atoms with E-state index in [1.54, 1.807) is 11.0 Å². The number of aromatic nitrogens is 7. The zero-order valence-corrected chi connectivity index (χ0v) is 14.7. The summed E-state index contributed by atoms with van der Waals surface area (Å²) >= 11 is 0. The fourth-order valence-corrected chi connectivity index (χ4v) is 3.14. The number of pyridine rings is 1. The molecule has 4 aromatic heterocycles. The minimum atomic E-state index is 0.374. The third-order valence-electron chi connectivity index (χ3n) is 4.48. The number of anilines is 2. The summed E-state index contributed by atoms with van der Waals surface area (Å²) in [5, 5.41) is 18.2. The van der Waals surface area contributed by atoms with Crippen molar-refractivity contribution in [1.29, 1.82) is 5.26 Å². The Hall–Kier alpha value is -4.32. The van der Waals surface area contributed by atoms with Crippen LogP contribution in [-0.2, 0) is 0 Å². The fourth-order valence-electron chi connectivity index (χ4n) is 3.14. The molecule has 0 fully saturated rings. The molecule has 9 heteroatoms. The lowest BCUT2D eigenvalue weighted by Gasteiger charge is -2.11. The summed E-state index contributed by atoms with van der Waals surface area (Å²) in [5.41, 5.74) is 3.47. The number of nitriles is 1. The number of aryl methyl sites for hydroxylation is 1. The average Bonchev–Trinajstić information content (AvgIpc) is 3.35. The summed E-state index contributed by atoms with van der Waals surface area (Å²) < 4.78 is 1.60. The van der Waals surface area contributed by atoms with E-state index in [1.807, 2.05) is 37.3 Å². The Morgan fingerprint density at radius 1 is 1.18 bits per heavy atom. The molecule has 0 unspecified atom stereocenters. The van der Waals surface area contributed by atoms with Gasteiger partial charge in [-0.05, 0) is 24.6 Å². The Kier molecular flexibility index (Phi) is 3.48. The van der Waals surface area contributed by atoms with Crippen LogP contribution in [0.3, 0.4) is 0 Å². The van der Waals surface area contributed by atoms with Crippen molar-refractivity contribution in [2.45, 2.75) is 6.92 Å². The molecule has 5 aromatic rings. The van der Waals surface area contributed by atoms with Crippen molar-refractivity contribution >= 4 is 33.7 Å². The second-order valence-corrected chi connectivity index (χ2v) is 6.19. The molecule has 134 valence electrons. The predicted octanol–water partition coefficient (Wildman–Crippen LogP) is 3.01. The molecule has 1 aromatic carbocycles. The van der Waals surface area contributed by atoms with Crippen LogP contribution >= 0.6 is 0 Å². The van der Waals surface area contributed by atoms with Crippen LogP contribution < -0.4 is 5.32 Å². The summed E-state index contributed by atoms with van der Waals surface area (Å²) in [6.45, 7) is 2.02. The second-order valence-electron chi connectivity index (χ2n) is 6.19. The van der Waals surface area contributed by atoms with Crippen molar-refractivity contribution in [2.24, 2.45) is 0 Å². The zero-order valence-electron chi connectivity index (χ0n) is 14.7. The summed E-state index contributed by atoms with van der Waals surface area (Å²) in [7, 11) is 0. The van der Waals surface area contributed by atoms with Gasteiger partial charge in [-0.2, -0.15) is 15.0 Å². The number of H-pyrrole nitrogens is 1. The molecule has 0 aliphatic heterocycles. The second kappa shape index (κ2) is 6.14.